The van der Waals surface area contributed by atoms with Gasteiger partial charge in [-0.25, -0.2) is 4.79 Å². The molecule has 32 heavy (non-hydrogen) atoms. The van der Waals surface area contributed by atoms with Crippen LogP contribution in [0.2, 0.25) is 5.02 Å². The van der Waals surface area contributed by atoms with E-state index in [0.29, 0.717) is 41.4 Å². The Labute approximate surface area is 194 Å². The van der Waals surface area contributed by atoms with E-state index in [9.17, 15) is 9.90 Å². The summed E-state index contributed by atoms with van der Waals surface area (Å²) in [6.45, 7) is 4.26. The zero-order valence-corrected chi connectivity index (χ0v) is 19.3. The van der Waals surface area contributed by atoms with Gasteiger partial charge in [-0.1, -0.05) is 17.7 Å². The summed E-state index contributed by atoms with van der Waals surface area (Å²) in [5.41, 5.74) is 2.26. The monoisotopic (exact) mass is 459 g/mol. The normalized spacial score (nSPS) is 21.6. The van der Waals surface area contributed by atoms with Gasteiger partial charge in [0.2, 0.25) is 0 Å². The minimum absolute atomic E-state index is 0.295. The van der Waals surface area contributed by atoms with E-state index in [4.69, 9.17) is 25.8 Å². The van der Waals surface area contributed by atoms with Crippen LogP contribution in [0.1, 0.15) is 42.1 Å². The molecule has 3 atom stereocenters. The van der Waals surface area contributed by atoms with Crippen LogP contribution in [0.4, 0.5) is 5.69 Å². The summed E-state index contributed by atoms with van der Waals surface area (Å²) in [6, 6.07) is 11.0. The Hall–Kier alpha value is -2.44. The number of methoxy groups -OCH3 is 1. The van der Waals surface area contributed by atoms with Crippen molar-refractivity contribution in [1.29, 1.82) is 0 Å². The Bertz CT molecular complexity index is 963. The van der Waals surface area contributed by atoms with Gasteiger partial charge in [0.25, 0.3) is 0 Å². The molecule has 1 aliphatic carbocycles. The van der Waals surface area contributed by atoms with Crippen LogP contribution in [0.15, 0.2) is 36.4 Å². The molecule has 6 nitrogen and oxygen atoms in total. The van der Waals surface area contributed by atoms with E-state index >= 15 is 0 Å². The number of ether oxygens (including phenoxy) is 3. The van der Waals surface area contributed by atoms with Gasteiger partial charge < -0.3 is 24.2 Å². The van der Waals surface area contributed by atoms with Crippen LogP contribution < -0.4 is 14.4 Å². The molecule has 0 saturated heterocycles. The Kier molecular flexibility index (Phi) is 7.11. The first-order chi connectivity index (χ1) is 15.5. The van der Waals surface area contributed by atoms with E-state index in [1.807, 2.05) is 37.3 Å². The highest BCUT2D eigenvalue weighted by molar-refractivity contribution is 6.30. The third-order valence-corrected chi connectivity index (χ3v) is 6.75. The Balaban J connectivity index is 1.67. The average molecular weight is 460 g/mol. The maximum atomic E-state index is 12.2. The second-order valence-electron chi connectivity index (χ2n) is 8.60. The number of fused-ring (bicyclic) bond motifs is 2. The fourth-order valence-corrected chi connectivity index (χ4v) is 4.72. The van der Waals surface area contributed by atoms with E-state index in [1.54, 1.807) is 6.07 Å². The molecule has 0 bridgehead atoms. The average Bonchev–Trinajstić information content (AvgIpc) is 2.78. The van der Waals surface area contributed by atoms with Crippen LogP contribution in [0.25, 0.3) is 0 Å². The number of carbonyl (C=O) groups excluding carboxylic acids is 1. The van der Waals surface area contributed by atoms with Crippen LogP contribution in [0.3, 0.4) is 0 Å². The summed E-state index contributed by atoms with van der Waals surface area (Å²) in [5.74, 6) is 1.74. The van der Waals surface area contributed by atoms with Crippen LogP contribution in [0, 0.1) is 11.8 Å². The van der Waals surface area contributed by atoms with E-state index in [0.717, 1.165) is 49.4 Å². The third-order valence-electron chi connectivity index (χ3n) is 6.51. The number of hydrogen-bond acceptors (Lipinski definition) is 6. The first kappa shape index (κ1) is 22.7. The van der Waals surface area contributed by atoms with Crippen molar-refractivity contribution < 1.29 is 24.1 Å². The summed E-state index contributed by atoms with van der Waals surface area (Å²) in [4.78, 5) is 14.5. The van der Waals surface area contributed by atoms with Gasteiger partial charge in [-0.15, -0.1) is 0 Å². The Morgan fingerprint density at radius 2 is 2.06 bits per heavy atom. The molecule has 1 aliphatic heterocycles. The van der Waals surface area contributed by atoms with E-state index in [1.165, 1.54) is 7.11 Å². The molecule has 0 unspecified atom stereocenters. The molecule has 2 aliphatic rings. The number of anilines is 1. The second kappa shape index (κ2) is 10.0. The number of rotatable bonds is 4. The van der Waals surface area contributed by atoms with Crippen molar-refractivity contribution >= 4 is 23.3 Å². The van der Waals surface area contributed by atoms with Crippen molar-refractivity contribution in [1.82, 2.24) is 0 Å². The van der Waals surface area contributed by atoms with Crippen molar-refractivity contribution in [3.8, 4) is 11.5 Å². The number of aliphatic hydroxyl groups excluding tert-OH is 1. The smallest absolute Gasteiger partial charge is 0.337 e. The summed E-state index contributed by atoms with van der Waals surface area (Å²) >= 11 is 6.17. The fourth-order valence-electron chi connectivity index (χ4n) is 4.56. The van der Waals surface area contributed by atoms with E-state index < -0.39 is 0 Å². The molecule has 2 aromatic carbocycles. The predicted octanol–water partition coefficient (Wildman–Crippen LogP) is 4.70. The molecule has 1 heterocycles. The largest absolute Gasteiger partial charge is 0.493 e. The van der Waals surface area contributed by atoms with Crippen molar-refractivity contribution in [2.45, 2.75) is 38.9 Å². The molecule has 4 rings (SSSR count). The summed E-state index contributed by atoms with van der Waals surface area (Å²) in [7, 11) is 1.38. The van der Waals surface area contributed by atoms with Crippen molar-refractivity contribution in [2.24, 2.45) is 11.8 Å². The lowest BCUT2D eigenvalue weighted by atomic mass is 9.70. The molecule has 2 aromatic rings. The molecule has 172 valence electrons. The molecular formula is C25H30ClNO5. The minimum Gasteiger partial charge on any atom is -0.493 e. The number of aliphatic hydroxyl groups is 1. The number of carbonyl (C=O) groups is 1. The molecule has 0 amide bonds. The van der Waals surface area contributed by atoms with Crippen LogP contribution >= 0.6 is 11.6 Å². The van der Waals surface area contributed by atoms with Crippen molar-refractivity contribution in [3.63, 3.8) is 0 Å². The molecule has 1 fully saturated rings. The number of benzene rings is 2. The molecular weight excluding hydrogens is 430 g/mol. The standard InChI is InChI=1S/C25H30ClNO5/c1-16(28)21-8-5-18(21)14-27-10-3-11-31-24-13-20(26)7-4-19(24)15-32-23-9-6-17(12-22(23)27)25(29)30-2/h4,6-7,9,12-13,16,18,21,28H,3,5,8,10-11,14-15H2,1-2H3/t16-,18-,21-/m0/s1. The number of hydrogen-bond donors (Lipinski definition) is 1. The number of halogens is 1. The summed E-state index contributed by atoms with van der Waals surface area (Å²) in [5, 5.41) is 10.7. The van der Waals surface area contributed by atoms with Gasteiger partial charge in [-0.2, -0.15) is 0 Å². The lowest BCUT2D eigenvalue weighted by molar-refractivity contribution is 0.0282. The van der Waals surface area contributed by atoms with Crippen LogP contribution in [0.5, 0.6) is 11.5 Å². The van der Waals surface area contributed by atoms with Crippen molar-refractivity contribution in [2.75, 3.05) is 31.7 Å². The van der Waals surface area contributed by atoms with Crippen LogP contribution in [-0.2, 0) is 11.3 Å². The van der Waals surface area contributed by atoms with Gasteiger partial charge in [0.15, 0.2) is 0 Å². The first-order valence-corrected chi connectivity index (χ1v) is 11.5. The molecule has 7 heteroatoms. The second-order valence-corrected chi connectivity index (χ2v) is 9.04. The van der Waals surface area contributed by atoms with E-state index in [2.05, 4.69) is 4.90 Å². The molecule has 1 saturated carbocycles. The highest BCUT2D eigenvalue weighted by Gasteiger charge is 2.35. The third kappa shape index (κ3) is 4.97. The maximum absolute atomic E-state index is 12.2. The van der Waals surface area contributed by atoms with Gasteiger partial charge in [0, 0.05) is 23.7 Å². The van der Waals surface area contributed by atoms with Gasteiger partial charge >= 0.3 is 5.97 Å². The molecule has 0 spiro atoms. The summed E-state index contributed by atoms with van der Waals surface area (Å²) in [6.07, 6.45) is 2.60. The number of nitrogens with zero attached hydrogens (tertiary/aromatic N) is 1. The van der Waals surface area contributed by atoms with Gasteiger partial charge in [0.1, 0.15) is 18.1 Å². The molecule has 0 aromatic heterocycles. The SMILES string of the molecule is COC(=O)c1ccc2c(c1)N(C[C@@H]1CC[C@H]1[C@H](C)O)CCCOc1cc(Cl)ccc1CO2. The maximum Gasteiger partial charge on any atom is 0.337 e. The lowest BCUT2D eigenvalue weighted by Gasteiger charge is -2.42. The fraction of sp³-hybridized carbons (Fsp3) is 0.480. The highest BCUT2D eigenvalue weighted by Crippen LogP contribution is 2.40. The lowest BCUT2D eigenvalue weighted by Crippen LogP contribution is -2.43. The zero-order chi connectivity index (χ0) is 22.7. The van der Waals surface area contributed by atoms with Crippen LogP contribution in [-0.4, -0.2) is 44.0 Å². The van der Waals surface area contributed by atoms with E-state index in [-0.39, 0.29) is 12.1 Å². The van der Waals surface area contributed by atoms with Crippen molar-refractivity contribution in [3.05, 3.63) is 52.5 Å². The minimum atomic E-state index is -0.379. The number of esters is 1. The van der Waals surface area contributed by atoms with Gasteiger partial charge in [0.05, 0.1) is 31.1 Å². The summed E-state index contributed by atoms with van der Waals surface area (Å²) < 4.78 is 17.2. The predicted molar refractivity (Wildman–Crippen MR) is 124 cm³/mol. The molecule has 1 N–H and O–H groups in total. The quantitative estimate of drug-likeness (QED) is 0.668. The highest BCUT2D eigenvalue weighted by atomic mass is 35.5. The Morgan fingerprint density at radius 3 is 2.78 bits per heavy atom. The van der Waals surface area contributed by atoms with Gasteiger partial charge in [-0.3, -0.25) is 0 Å². The van der Waals surface area contributed by atoms with Gasteiger partial charge in [-0.05, 0) is 68.4 Å². The first-order valence-electron chi connectivity index (χ1n) is 11.2. The Morgan fingerprint density at radius 1 is 1.22 bits per heavy atom. The topological polar surface area (TPSA) is 68.2 Å². The molecule has 0 radical (unpaired) electrons. The zero-order valence-electron chi connectivity index (χ0n) is 18.6.